The van der Waals surface area contributed by atoms with Crippen LogP contribution in [0.1, 0.15) is 6.42 Å². The van der Waals surface area contributed by atoms with Crippen molar-refractivity contribution < 1.29 is 9.59 Å². The molecule has 1 unspecified atom stereocenters. The zero-order chi connectivity index (χ0) is 17.9. The minimum absolute atomic E-state index is 0.0254. The quantitative estimate of drug-likeness (QED) is 0.762. The Bertz CT molecular complexity index is 922. The summed E-state index contributed by atoms with van der Waals surface area (Å²) in [5.41, 5.74) is 3.35. The Morgan fingerprint density at radius 2 is 1.96 bits per heavy atom. The van der Waals surface area contributed by atoms with Crippen molar-refractivity contribution in [3.63, 3.8) is 0 Å². The molecule has 2 aromatic carbocycles. The predicted molar refractivity (Wildman–Crippen MR) is 99.6 cm³/mol. The number of carbonyl (C=O) groups is 2. The summed E-state index contributed by atoms with van der Waals surface area (Å²) in [7, 11) is 0. The van der Waals surface area contributed by atoms with E-state index >= 15 is 0 Å². The van der Waals surface area contributed by atoms with E-state index in [9.17, 15) is 9.59 Å². The number of H-pyrrole nitrogens is 1. The van der Waals surface area contributed by atoms with Gasteiger partial charge < -0.3 is 10.2 Å². The number of carbonyl (C=O) groups excluding carboxylic acids is 2. The summed E-state index contributed by atoms with van der Waals surface area (Å²) in [6.45, 7) is 0.398. The zero-order valence-corrected chi connectivity index (χ0v) is 14.1. The predicted octanol–water partition coefficient (Wildman–Crippen LogP) is 3.07. The molecule has 6 heteroatoms. The molecule has 0 saturated carbocycles. The average Bonchev–Trinajstić information content (AvgIpc) is 3.32. The third-order valence-corrected chi connectivity index (χ3v) is 4.51. The van der Waals surface area contributed by atoms with Crippen molar-refractivity contribution in [3.05, 3.63) is 66.9 Å². The molecule has 1 aliphatic heterocycles. The molecular weight excluding hydrogens is 328 g/mol. The van der Waals surface area contributed by atoms with E-state index in [1.165, 1.54) is 0 Å². The Labute approximate surface area is 150 Å². The summed E-state index contributed by atoms with van der Waals surface area (Å²) < 4.78 is 0. The van der Waals surface area contributed by atoms with Crippen LogP contribution in [-0.4, -0.2) is 28.6 Å². The van der Waals surface area contributed by atoms with Crippen LogP contribution in [0.15, 0.2) is 66.9 Å². The van der Waals surface area contributed by atoms with Gasteiger partial charge in [0.05, 0.1) is 11.6 Å². The van der Waals surface area contributed by atoms with E-state index in [1.54, 1.807) is 11.1 Å². The van der Waals surface area contributed by atoms with Gasteiger partial charge in [-0.1, -0.05) is 30.3 Å². The smallest absolute Gasteiger partial charge is 0.229 e. The van der Waals surface area contributed by atoms with Crippen LogP contribution in [0.5, 0.6) is 0 Å². The van der Waals surface area contributed by atoms with E-state index in [1.807, 2.05) is 60.7 Å². The highest BCUT2D eigenvalue weighted by Crippen LogP contribution is 2.26. The maximum atomic E-state index is 12.6. The van der Waals surface area contributed by atoms with Gasteiger partial charge in [-0.2, -0.15) is 5.10 Å². The number of benzene rings is 2. The molecule has 0 radical (unpaired) electrons. The topological polar surface area (TPSA) is 78.1 Å². The summed E-state index contributed by atoms with van der Waals surface area (Å²) in [4.78, 5) is 26.6. The zero-order valence-electron chi connectivity index (χ0n) is 14.1. The number of para-hydroxylation sites is 1. The molecule has 2 heterocycles. The van der Waals surface area contributed by atoms with Gasteiger partial charge in [0.25, 0.3) is 0 Å². The van der Waals surface area contributed by atoms with Crippen LogP contribution in [0.3, 0.4) is 0 Å². The Morgan fingerprint density at radius 3 is 2.73 bits per heavy atom. The third kappa shape index (κ3) is 3.21. The molecule has 2 amide bonds. The molecule has 1 atom stereocenters. The van der Waals surface area contributed by atoms with Crippen LogP contribution in [0, 0.1) is 5.92 Å². The highest BCUT2D eigenvalue weighted by Gasteiger charge is 2.35. The molecule has 26 heavy (non-hydrogen) atoms. The highest BCUT2D eigenvalue weighted by atomic mass is 16.2. The number of anilines is 2. The molecule has 1 saturated heterocycles. The maximum Gasteiger partial charge on any atom is 0.229 e. The van der Waals surface area contributed by atoms with Crippen LogP contribution in [0.2, 0.25) is 0 Å². The Balaban J connectivity index is 1.46. The van der Waals surface area contributed by atoms with Crippen molar-refractivity contribution in [1.29, 1.82) is 0 Å². The second-order valence-corrected chi connectivity index (χ2v) is 6.28. The molecule has 0 bridgehead atoms. The number of aromatic amines is 1. The van der Waals surface area contributed by atoms with E-state index in [-0.39, 0.29) is 24.2 Å². The van der Waals surface area contributed by atoms with E-state index in [0.29, 0.717) is 12.2 Å². The normalized spacial score (nSPS) is 16.7. The Morgan fingerprint density at radius 1 is 1.12 bits per heavy atom. The second-order valence-electron chi connectivity index (χ2n) is 6.28. The SMILES string of the molecule is O=C(Nc1cccc(-c2ccn[nH]2)c1)C1CC(=O)N(c2ccccc2)C1. The molecule has 0 aliphatic carbocycles. The van der Waals surface area contributed by atoms with Crippen molar-refractivity contribution in [2.45, 2.75) is 6.42 Å². The minimum Gasteiger partial charge on any atom is -0.326 e. The number of hydrogen-bond acceptors (Lipinski definition) is 3. The number of hydrogen-bond donors (Lipinski definition) is 2. The lowest BCUT2D eigenvalue weighted by Crippen LogP contribution is -2.28. The number of aromatic nitrogens is 2. The monoisotopic (exact) mass is 346 g/mol. The van der Waals surface area contributed by atoms with E-state index < -0.39 is 0 Å². The number of rotatable bonds is 4. The lowest BCUT2D eigenvalue weighted by Gasteiger charge is -2.16. The van der Waals surface area contributed by atoms with Gasteiger partial charge in [-0.05, 0) is 30.3 Å². The summed E-state index contributed by atoms with van der Waals surface area (Å²) in [5.74, 6) is -0.528. The van der Waals surface area contributed by atoms with E-state index in [0.717, 1.165) is 16.9 Å². The van der Waals surface area contributed by atoms with Gasteiger partial charge in [-0.3, -0.25) is 14.7 Å². The number of nitrogens with one attached hydrogen (secondary N) is 2. The van der Waals surface area contributed by atoms with Crippen molar-refractivity contribution in [2.24, 2.45) is 5.92 Å². The van der Waals surface area contributed by atoms with Crippen LogP contribution in [0.25, 0.3) is 11.3 Å². The van der Waals surface area contributed by atoms with Gasteiger partial charge in [-0.25, -0.2) is 0 Å². The number of nitrogens with zero attached hydrogens (tertiary/aromatic N) is 2. The number of amides is 2. The van der Waals surface area contributed by atoms with E-state index in [2.05, 4.69) is 15.5 Å². The first-order valence-electron chi connectivity index (χ1n) is 8.47. The molecule has 4 rings (SSSR count). The molecule has 1 fully saturated rings. The summed E-state index contributed by atoms with van der Waals surface area (Å²) >= 11 is 0. The lowest BCUT2D eigenvalue weighted by atomic mass is 10.1. The fourth-order valence-electron chi connectivity index (χ4n) is 3.17. The van der Waals surface area contributed by atoms with Crippen LogP contribution in [-0.2, 0) is 9.59 Å². The van der Waals surface area contributed by atoms with Crippen molar-refractivity contribution in [2.75, 3.05) is 16.8 Å². The van der Waals surface area contributed by atoms with Crippen molar-refractivity contribution >= 4 is 23.2 Å². The van der Waals surface area contributed by atoms with Crippen LogP contribution >= 0.6 is 0 Å². The second kappa shape index (κ2) is 6.84. The van der Waals surface area contributed by atoms with Gasteiger partial charge in [0.15, 0.2) is 0 Å². The average molecular weight is 346 g/mol. The Hall–Kier alpha value is -3.41. The van der Waals surface area contributed by atoms with E-state index in [4.69, 9.17) is 0 Å². The molecule has 6 nitrogen and oxygen atoms in total. The molecular formula is C20H18N4O2. The standard InChI is InChI=1S/C20H18N4O2/c25-19-12-15(13-24(19)17-7-2-1-3-8-17)20(26)22-16-6-4-5-14(11-16)18-9-10-21-23-18/h1-11,15H,12-13H2,(H,21,23)(H,22,26). The first-order chi connectivity index (χ1) is 12.7. The molecule has 3 aromatic rings. The Kier molecular flexibility index (Phi) is 4.23. The molecule has 1 aromatic heterocycles. The van der Waals surface area contributed by atoms with Gasteiger partial charge >= 0.3 is 0 Å². The molecule has 130 valence electrons. The fourth-order valence-corrected chi connectivity index (χ4v) is 3.17. The van der Waals surface area contributed by atoms with Crippen LogP contribution < -0.4 is 10.2 Å². The van der Waals surface area contributed by atoms with Crippen molar-refractivity contribution in [3.8, 4) is 11.3 Å². The summed E-state index contributed by atoms with van der Waals surface area (Å²) in [6.07, 6.45) is 1.91. The maximum absolute atomic E-state index is 12.6. The van der Waals surface area contributed by atoms with Gasteiger partial charge in [0.1, 0.15) is 0 Å². The first-order valence-corrected chi connectivity index (χ1v) is 8.47. The lowest BCUT2D eigenvalue weighted by molar-refractivity contribution is -0.122. The van der Waals surface area contributed by atoms with Gasteiger partial charge in [0.2, 0.25) is 11.8 Å². The molecule has 0 spiro atoms. The van der Waals surface area contributed by atoms with Crippen molar-refractivity contribution in [1.82, 2.24) is 10.2 Å². The van der Waals surface area contributed by atoms with Gasteiger partial charge in [0, 0.05) is 36.1 Å². The first kappa shape index (κ1) is 16.1. The largest absolute Gasteiger partial charge is 0.326 e. The molecule has 1 aliphatic rings. The highest BCUT2D eigenvalue weighted by molar-refractivity contribution is 6.03. The summed E-state index contributed by atoms with van der Waals surface area (Å²) in [5, 5.41) is 9.77. The summed E-state index contributed by atoms with van der Waals surface area (Å²) in [6, 6.07) is 18.9. The van der Waals surface area contributed by atoms with Crippen LogP contribution in [0.4, 0.5) is 11.4 Å². The van der Waals surface area contributed by atoms with Gasteiger partial charge in [-0.15, -0.1) is 0 Å². The fraction of sp³-hybridized carbons (Fsp3) is 0.150. The molecule has 2 N–H and O–H groups in total. The third-order valence-electron chi connectivity index (χ3n) is 4.51. The minimum atomic E-state index is -0.362.